The summed E-state index contributed by atoms with van der Waals surface area (Å²) in [6, 6.07) is 3.17. The predicted octanol–water partition coefficient (Wildman–Crippen LogP) is -0.757. The van der Waals surface area contributed by atoms with Crippen LogP contribution in [0, 0.1) is 11.8 Å². The number of amides is 2. The molecule has 6 nitrogen and oxygen atoms in total. The standard InChI is InChI=1S/C13H15N3O3/c1-14-12(18)9-16(2)13(19)11-6-5-10(8-15-11)4-3-7-17/h5-6,8,17H,7,9H2,1-2H3,(H,14,18). The van der Waals surface area contributed by atoms with Crippen LogP contribution in [0.4, 0.5) is 0 Å². The summed E-state index contributed by atoms with van der Waals surface area (Å²) < 4.78 is 0. The van der Waals surface area contributed by atoms with Crippen molar-refractivity contribution in [2.24, 2.45) is 0 Å². The van der Waals surface area contributed by atoms with Gasteiger partial charge in [0.25, 0.3) is 5.91 Å². The summed E-state index contributed by atoms with van der Waals surface area (Å²) in [5.74, 6) is 4.58. The number of aliphatic hydroxyl groups excluding tert-OH is 1. The Labute approximate surface area is 111 Å². The molecule has 0 radical (unpaired) electrons. The zero-order valence-corrected chi connectivity index (χ0v) is 10.8. The van der Waals surface area contributed by atoms with E-state index in [-0.39, 0.29) is 30.7 Å². The molecule has 0 unspecified atom stereocenters. The highest BCUT2D eigenvalue weighted by atomic mass is 16.2. The van der Waals surface area contributed by atoms with Crippen molar-refractivity contribution < 1.29 is 14.7 Å². The lowest BCUT2D eigenvalue weighted by Crippen LogP contribution is -2.37. The van der Waals surface area contributed by atoms with Crippen molar-refractivity contribution in [3.8, 4) is 11.8 Å². The van der Waals surface area contributed by atoms with Crippen LogP contribution in [0.15, 0.2) is 18.3 Å². The van der Waals surface area contributed by atoms with E-state index in [2.05, 4.69) is 22.1 Å². The van der Waals surface area contributed by atoms with Crippen molar-refractivity contribution in [2.45, 2.75) is 0 Å². The zero-order chi connectivity index (χ0) is 14.3. The number of aromatic nitrogens is 1. The van der Waals surface area contributed by atoms with Crippen molar-refractivity contribution >= 4 is 11.8 Å². The van der Waals surface area contributed by atoms with Gasteiger partial charge in [-0.2, -0.15) is 0 Å². The van der Waals surface area contributed by atoms with Crippen molar-refractivity contribution in [1.82, 2.24) is 15.2 Å². The van der Waals surface area contributed by atoms with Crippen LogP contribution >= 0.6 is 0 Å². The van der Waals surface area contributed by atoms with E-state index in [0.29, 0.717) is 5.56 Å². The molecule has 0 aliphatic heterocycles. The van der Waals surface area contributed by atoms with Crippen molar-refractivity contribution in [3.05, 3.63) is 29.6 Å². The van der Waals surface area contributed by atoms with Crippen molar-refractivity contribution in [3.63, 3.8) is 0 Å². The maximum atomic E-state index is 11.9. The average molecular weight is 261 g/mol. The molecule has 0 spiro atoms. The van der Waals surface area contributed by atoms with Crippen LogP contribution < -0.4 is 5.32 Å². The minimum absolute atomic E-state index is 0.0247. The fraction of sp³-hybridized carbons (Fsp3) is 0.308. The lowest BCUT2D eigenvalue weighted by Gasteiger charge is -2.15. The van der Waals surface area contributed by atoms with Gasteiger partial charge in [-0.05, 0) is 12.1 Å². The first-order valence-corrected chi connectivity index (χ1v) is 5.60. The molecule has 0 bridgehead atoms. The Bertz CT molecular complexity index is 514. The van der Waals surface area contributed by atoms with E-state index >= 15 is 0 Å². The largest absolute Gasteiger partial charge is 0.384 e. The second-order valence-electron chi connectivity index (χ2n) is 3.73. The van der Waals surface area contributed by atoms with Gasteiger partial charge in [0.1, 0.15) is 12.3 Å². The summed E-state index contributed by atoms with van der Waals surface area (Å²) in [6.45, 7) is -0.251. The summed E-state index contributed by atoms with van der Waals surface area (Å²) in [5, 5.41) is 11.0. The number of likely N-dealkylation sites (N-methyl/N-ethyl adjacent to an activating group) is 2. The maximum Gasteiger partial charge on any atom is 0.272 e. The van der Waals surface area contributed by atoms with Crippen LogP contribution in [0.5, 0.6) is 0 Å². The molecule has 0 saturated carbocycles. The number of hydrogen-bond donors (Lipinski definition) is 2. The summed E-state index contributed by atoms with van der Waals surface area (Å²) in [5.41, 5.74) is 0.848. The van der Waals surface area contributed by atoms with Gasteiger partial charge >= 0.3 is 0 Å². The van der Waals surface area contributed by atoms with E-state index in [4.69, 9.17) is 5.11 Å². The monoisotopic (exact) mass is 261 g/mol. The van der Waals surface area contributed by atoms with E-state index in [1.54, 1.807) is 6.07 Å². The number of pyridine rings is 1. The molecule has 1 rings (SSSR count). The first kappa shape index (κ1) is 14.7. The molecule has 0 saturated heterocycles. The number of nitrogens with zero attached hydrogens (tertiary/aromatic N) is 2. The normalized spacial score (nSPS) is 9.21. The summed E-state index contributed by atoms with van der Waals surface area (Å²) in [4.78, 5) is 28.3. The molecular formula is C13H15N3O3. The Balaban J connectivity index is 2.75. The predicted molar refractivity (Wildman–Crippen MR) is 69.2 cm³/mol. The first-order chi connectivity index (χ1) is 9.08. The van der Waals surface area contributed by atoms with Gasteiger partial charge in [0.05, 0.1) is 6.54 Å². The van der Waals surface area contributed by atoms with E-state index in [1.165, 1.54) is 31.3 Å². The Morgan fingerprint density at radius 3 is 2.74 bits per heavy atom. The molecule has 100 valence electrons. The summed E-state index contributed by atoms with van der Waals surface area (Å²) in [7, 11) is 3.03. The molecule has 1 heterocycles. The third-order valence-corrected chi connectivity index (χ3v) is 2.30. The fourth-order valence-corrected chi connectivity index (χ4v) is 1.30. The van der Waals surface area contributed by atoms with Crippen LogP contribution in [-0.2, 0) is 4.79 Å². The Hall–Kier alpha value is -2.39. The highest BCUT2D eigenvalue weighted by Crippen LogP contribution is 2.02. The molecule has 2 amide bonds. The van der Waals surface area contributed by atoms with Crippen LogP contribution in [0.2, 0.25) is 0 Å². The van der Waals surface area contributed by atoms with Crippen molar-refractivity contribution in [1.29, 1.82) is 0 Å². The lowest BCUT2D eigenvalue weighted by molar-refractivity contribution is -0.121. The third-order valence-electron chi connectivity index (χ3n) is 2.30. The minimum atomic E-state index is -0.342. The highest BCUT2D eigenvalue weighted by Gasteiger charge is 2.15. The molecule has 0 aliphatic carbocycles. The van der Waals surface area contributed by atoms with Gasteiger partial charge in [0.2, 0.25) is 5.91 Å². The SMILES string of the molecule is CNC(=O)CN(C)C(=O)c1ccc(C#CCO)cn1. The van der Waals surface area contributed by atoms with Gasteiger partial charge in [-0.25, -0.2) is 4.98 Å². The van der Waals surface area contributed by atoms with Crippen molar-refractivity contribution in [2.75, 3.05) is 27.2 Å². The molecular weight excluding hydrogens is 246 g/mol. The van der Waals surface area contributed by atoms with Gasteiger partial charge in [-0.1, -0.05) is 11.8 Å². The van der Waals surface area contributed by atoms with Gasteiger partial charge in [-0.3, -0.25) is 9.59 Å². The quantitative estimate of drug-likeness (QED) is 0.701. The summed E-state index contributed by atoms with van der Waals surface area (Å²) in [6.07, 6.45) is 1.45. The lowest BCUT2D eigenvalue weighted by atomic mass is 10.2. The Morgan fingerprint density at radius 2 is 2.21 bits per heavy atom. The fourth-order valence-electron chi connectivity index (χ4n) is 1.30. The number of carbonyl (C=O) groups excluding carboxylic acids is 2. The van der Waals surface area contributed by atoms with E-state index in [1.807, 2.05) is 0 Å². The minimum Gasteiger partial charge on any atom is -0.384 e. The second-order valence-corrected chi connectivity index (χ2v) is 3.73. The number of rotatable bonds is 3. The molecule has 1 aromatic rings. The maximum absolute atomic E-state index is 11.9. The van der Waals surface area contributed by atoms with Gasteiger partial charge in [-0.15, -0.1) is 0 Å². The molecule has 2 N–H and O–H groups in total. The highest BCUT2D eigenvalue weighted by molar-refractivity contribution is 5.94. The number of hydrogen-bond acceptors (Lipinski definition) is 4. The topological polar surface area (TPSA) is 82.5 Å². The molecule has 0 fully saturated rings. The Morgan fingerprint density at radius 1 is 1.47 bits per heavy atom. The Kier molecular flexibility index (Phi) is 5.51. The molecule has 0 atom stereocenters. The molecule has 19 heavy (non-hydrogen) atoms. The van der Waals surface area contributed by atoms with Crippen LogP contribution in [0.25, 0.3) is 0 Å². The summed E-state index contributed by atoms with van der Waals surface area (Å²) >= 11 is 0. The molecule has 6 heteroatoms. The van der Waals surface area contributed by atoms with Crippen LogP contribution in [0.3, 0.4) is 0 Å². The third kappa shape index (κ3) is 4.41. The van der Waals surface area contributed by atoms with E-state index < -0.39 is 0 Å². The van der Waals surface area contributed by atoms with Gasteiger partial charge in [0, 0.05) is 25.9 Å². The van der Waals surface area contributed by atoms with Gasteiger partial charge in [0.15, 0.2) is 0 Å². The number of aliphatic hydroxyl groups is 1. The number of carbonyl (C=O) groups is 2. The van der Waals surface area contributed by atoms with E-state index in [0.717, 1.165) is 0 Å². The first-order valence-electron chi connectivity index (χ1n) is 5.60. The van der Waals surface area contributed by atoms with Crippen LogP contribution in [-0.4, -0.2) is 54.1 Å². The molecule has 0 aliphatic rings. The molecule has 1 aromatic heterocycles. The zero-order valence-electron chi connectivity index (χ0n) is 10.8. The van der Waals surface area contributed by atoms with Crippen LogP contribution in [0.1, 0.15) is 16.1 Å². The van der Waals surface area contributed by atoms with Gasteiger partial charge < -0.3 is 15.3 Å². The smallest absolute Gasteiger partial charge is 0.272 e. The molecule has 0 aromatic carbocycles. The number of nitrogens with one attached hydrogen (secondary N) is 1. The second kappa shape index (κ2) is 7.13. The van der Waals surface area contributed by atoms with E-state index in [9.17, 15) is 9.59 Å². The average Bonchev–Trinajstić information content (AvgIpc) is 2.44.